The summed E-state index contributed by atoms with van der Waals surface area (Å²) in [5.74, 6) is 0. The molecule has 1 aromatic heterocycles. The smallest absolute Gasteiger partial charge is 0.0497 e. The first-order valence-electron chi connectivity index (χ1n) is 10.3. The maximum absolute atomic E-state index is 5.74. The van der Waals surface area contributed by atoms with Crippen LogP contribution in [-0.4, -0.2) is 25.6 Å². The number of aromatic amines is 1. The van der Waals surface area contributed by atoms with Crippen molar-refractivity contribution in [2.45, 2.75) is 45.4 Å². The van der Waals surface area contributed by atoms with E-state index >= 15 is 0 Å². The molecule has 0 aliphatic heterocycles. The zero-order valence-electron chi connectivity index (χ0n) is 17.0. The summed E-state index contributed by atoms with van der Waals surface area (Å²) in [6.07, 6.45) is 6.86. The lowest BCUT2D eigenvalue weighted by atomic mass is 9.98. The summed E-state index contributed by atoms with van der Waals surface area (Å²) in [5, 5.41) is 1.38. The summed E-state index contributed by atoms with van der Waals surface area (Å²) in [5.41, 5.74) is 13.7. The molecule has 144 valence electrons. The largest absolute Gasteiger partial charge is 0.378 e. The topological polar surface area (TPSA) is 45.0 Å². The number of hydrogen-bond donors (Lipinski definition) is 2. The van der Waals surface area contributed by atoms with Crippen LogP contribution in [0.4, 0.5) is 5.69 Å². The molecule has 0 aliphatic rings. The van der Waals surface area contributed by atoms with Crippen LogP contribution in [0, 0.1) is 0 Å². The second kappa shape index (κ2) is 9.09. The van der Waals surface area contributed by atoms with E-state index in [0.29, 0.717) is 0 Å². The van der Waals surface area contributed by atoms with Crippen molar-refractivity contribution in [1.82, 2.24) is 4.98 Å². The van der Waals surface area contributed by atoms with E-state index in [9.17, 15) is 0 Å². The number of benzene rings is 2. The van der Waals surface area contributed by atoms with Gasteiger partial charge in [0.05, 0.1) is 0 Å². The molecule has 2 aromatic carbocycles. The van der Waals surface area contributed by atoms with E-state index in [0.717, 1.165) is 32.2 Å². The second-order valence-electron chi connectivity index (χ2n) is 7.61. The van der Waals surface area contributed by atoms with E-state index in [1.54, 1.807) is 0 Å². The number of anilines is 1. The normalized spacial score (nSPS) is 11.3. The van der Waals surface area contributed by atoms with E-state index in [-0.39, 0.29) is 0 Å². The molecule has 27 heavy (non-hydrogen) atoms. The lowest BCUT2D eigenvalue weighted by Crippen LogP contribution is -2.07. The van der Waals surface area contributed by atoms with Crippen LogP contribution in [0.15, 0.2) is 42.5 Å². The van der Waals surface area contributed by atoms with E-state index in [1.807, 2.05) is 0 Å². The Balaban J connectivity index is 2.07. The highest BCUT2D eigenvalue weighted by atomic mass is 15.1. The van der Waals surface area contributed by atoms with Gasteiger partial charge in [-0.3, -0.25) is 0 Å². The second-order valence-corrected chi connectivity index (χ2v) is 7.61. The van der Waals surface area contributed by atoms with Crippen molar-refractivity contribution in [1.29, 1.82) is 0 Å². The molecule has 3 aromatic rings. The number of para-hydroxylation sites is 1. The molecule has 0 fully saturated rings. The molecule has 0 amide bonds. The highest BCUT2D eigenvalue weighted by Gasteiger charge is 2.15. The Morgan fingerprint density at radius 1 is 0.926 bits per heavy atom. The van der Waals surface area contributed by atoms with Crippen LogP contribution in [0.25, 0.3) is 22.2 Å². The van der Waals surface area contributed by atoms with Crippen LogP contribution in [0.1, 0.15) is 43.7 Å². The Morgan fingerprint density at radius 3 is 2.37 bits per heavy atom. The minimum absolute atomic E-state index is 0.761. The molecule has 3 nitrogen and oxygen atoms in total. The van der Waals surface area contributed by atoms with Crippen molar-refractivity contribution in [3.05, 3.63) is 53.6 Å². The van der Waals surface area contributed by atoms with Crippen molar-refractivity contribution < 1.29 is 0 Å². The van der Waals surface area contributed by atoms with Crippen molar-refractivity contribution in [2.24, 2.45) is 5.73 Å². The molecule has 3 heteroatoms. The quantitative estimate of drug-likeness (QED) is 0.491. The number of aromatic nitrogens is 1. The molecule has 0 radical (unpaired) electrons. The van der Waals surface area contributed by atoms with Gasteiger partial charge in [0.1, 0.15) is 0 Å². The number of nitrogens with one attached hydrogen (secondary N) is 1. The predicted molar refractivity (Wildman–Crippen MR) is 119 cm³/mol. The minimum Gasteiger partial charge on any atom is -0.378 e. The fourth-order valence-corrected chi connectivity index (χ4v) is 3.79. The van der Waals surface area contributed by atoms with E-state index < -0.39 is 0 Å². The minimum atomic E-state index is 0.761. The number of fused-ring (bicyclic) bond motifs is 1. The fourth-order valence-electron chi connectivity index (χ4n) is 3.79. The summed E-state index contributed by atoms with van der Waals surface area (Å²) in [4.78, 5) is 5.93. The van der Waals surface area contributed by atoms with E-state index in [1.165, 1.54) is 51.8 Å². The third-order valence-corrected chi connectivity index (χ3v) is 5.38. The Labute approximate surface area is 163 Å². The van der Waals surface area contributed by atoms with Crippen LogP contribution in [-0.2, 0) is 12.8 Å². The first-order chi connectivity index (χ1) is 13.2. The monoisotopic (exact) mass is 363 g/mol. The molecular formula is C24H33N3. The summed E-state index contributed by atoms with van der Waals surface area (Å²) >= 11 is 0. The Morgan fingerprint density at radius 2 is 1.70 bits per heavy atom. The Bertz CT molecular complexity index is 859. The zero-order chi connectivity index (χ0) is 19.2. The van der Waals surface area contributed by atoms with Gasteiger partial charge in [-0.1, -0.05) is 43.7 Å². The molecule has 3 rings (SSSR count). The van der Waals surface area contributed by atoms with Gasteiger partial charge in [-0.2, -0.15) is 0 Å². The van der Waals surface area contributed by atoms with Gasteiger partial charge in [-0.05, 0) is 67.5 Å². The van der Waals surface area contributed by atoms with Gasteiger partial charge in [0.15, 0.2) is 0 Å². The Hall–Kier alpha value is -2.26. The summed E-state index contributed by atoms with van der Waals surface area (Å²) in [6.45, 7) is 3.02. The molecule has 3 N–H and O–H groups in total. The van der Waals surface area contributed by atoms with Crippen LogP contribution < -0.4 is 10.6 Å². The maximum atomic E-state index is 5.74. The molecule has 0 aliphatic carbocycles. The van der Waals surface area contributed by atoms with E-state index in [4.69, 9.17) is 5.73 Å². The van der Waals surface area contributed by atoms with Crippen LogP contribution in [0.5, 0.6) is 0 Å². The number of rotatable bonds is 9. The van der Waals surface area contributed by atoms with Gasteiger partial charge >= 0.3 is 0 Å². The standard InChI is InChI=1S/C24H33N3/c1-4-5-9-18-10-8-12-22-21(11-6-7-17-25)24(26-23(18)22)19-13-15-20(16-14-19)27(2)3/h8,10,12-16,26H,4-7,9,11,17,25H2,1-3H3. The number of hydrogen-bond acceptors (Lipinski definition) is 2. The van der Waals surface area contributed by atoms with Crippen LogP contribution >= 0.6 is 0 Å². The summed E-state index contributed by atoms with van der Waals surface area (Å²) in [7, 11) is 4.16. The zero-order valence-corrected chi connectivity index (χ0v) is 17.0. The molecule has 0 atom stereocenters. The number of aryl methyl sites for hydroxylation is 2. The lowest BCUT2D eigenvalue weighted by molar-refractivity contribution is 0.748. The van der Waals surface area contributed by atoms with Crippen LogP contribution in [0.3, 0.4) is 0 Å². The van der Waals surface area contributed by atoms with Gasteiger partial charge in [0.2, 0.25) is 0 Å². The summed E-state index contributed by atoms with van der Waals surface area (Å²) in [6, 6.07) is 15.6. The molecule has 0 spiro atoms. The van der Waals surface area contributed by atoms with Gasteiger partial charge in [0, 0.05) is 36.4 Å². The predicted octanol–water partition coefficient (Wildman–Crippen LogP) is 5.52. The first-order valence-corrected chi connectivity index (χ1v) is 10.3. The SMILES string of the molecule is CCCCc1cccc2c(CCCCN)c(-c3ccc(N(C)C)cc3)[nH]c12. The molecule has 0 saturated heterocycles. The number of H-pyrrole nitrogens is 1. The first kappa shape index (κ1) is 19.5. The van der Waals surface area contributed by atoms with Crippen molar-refractivity contribution in [2.75, 3.05) is 25.5 Å². The van der Waals surface area contributed by atoms with Crippen LogP contribution in [0.2, 0.25) is 0 Å². The lowest BCUT2D eigenvalue weighted by Gasteiger charge is -2.13. The molecule has 1 heterocycles. The molecule has 0 unspecified atom stereocenters. The summed E-state index contributed by atoms with van der Waals surface area (Å²) < 4.78 is 0. The van der Waals surface area contributed by atoms with Gasteiger partial charge in [-0.25, -0.2) is 0 Å². The average molecular weight is 364 g/mol. The van der Waals surface area contributed by atoms with E-state index in [2.05, 4.69) is 73.4 Å². The molecular weight excluding hydrogens is 330 g/mol. The molecule has 0 bridgehead atoms. The average Bonchev–Trinajstić information content (AvgIpc) is 3.06. The fraction of sp³-hybridized carbons (Fsp3) is 0.417. The third-order valence-electron chi connectivity index (χ3n) is 5.38. The van der Waals surface area contributed by atoms with Crippen molar-refractivity contribution >= 4 is 16.6 Å². The third kappa shape index (κ3) is 4.36. The highest BCUT2D eigenvalue weighted by molar-refractivity contribution is 5.93. The Kier molecular flexibility index (Phi) is 6.57. The maximum Gasteiger partial charge on any atom is 0.0497 e. The van der Waals surface area contributed by atoms with Crippen molar-refractivity contribution in [3.8, 4) is 11.3 Å². The van der Waals surface area contributed by atoms with Gasteiger partial charge < -0.3 is 15.6 Å². The number of unbranched alkanes of at least 4 members (excludes halogenated alkanes) is 2. The highest BCUT2D eigenvalue weighted by Crippen LogP contribution is 2.34. The van der Waals surface area contributed by atoms with Crippen molar-refractivity contribution in [3.63, 3.8) is 0 Å². The van der Waals surface area contributed by atoms with Gasteiger partial charge in [0.25, 0.3) is 0 Å². The van der Waals surface area contributed by atoms with Gasteiger partial charge in [-0.15, -0.1) is 0 Å². The molecule has 0 saturated carbocycles. The number of nitrogens with two attached hydrogens (primary N) is 1. The number of nitrogens with zero attached hydrogens (tertiary/aromatic N) is 1.